The largest absolute Gasteiger partial charge is 0.348 e. The highest BCUT2D eigenvalue weighted by Gasteiger charge is 2.33. The van der Waals surface area contributed by atoms with Crippen LogP contribution in [0.4, 0.5) is 0 Å². The Labute approximate surface area is 148 Å². The summed E-state index contributed by atoms with van der Waals surface area (Å²) in [6.45, 7) is 6.88. The average molecular weight is 339 g/mol. The Morgan fingerprint density at radius 2 is 1.96 bits per heavy atom. The van der Waals surface area contributed by atoms with Gasteiger partial charge in [-0.25, -0.2) is 0 Å². The molecule has 1 aliphatic carbocycles. The van der Waals surface area contributed by atoms with Gasteiger partial charge in [0.1, 0.15) is 11.6 Å². The van der Waals surface area contributed by atoms with Crippen molar-refractivity contribution < 1.29 is 4.79 Å². The summed E-state index contributed by atoms with van der Waals surface area (Å²) in [7, 11) is 0. The summed E-state index contributed by atoms with van der Waals surface area (Å²) in [6, 6.07) is 8.67. The molecule has 0 bridgehead atoms. The van der Waals surface area contributed by atoms with Crippen molar-refractivity contribution in [2.24, 2.45) is 5.92 Å². The predicted octanol–water partition coefficient (Wildman–Crippen LogP) is 1.98. The van der Waals surface area contributed by atoms with E-state index < -0.39 is 0 Å². The smallest absolute Gasteiger partial charge is 0.234 e. The summed E-state index contributed by atoms with van der Waals surface area (Å²) < 4.78 is 2.13. The minimum absolute atomic E-state index is 0.0992. The normalized spacial score (nSPS) is 18.6. The second kappa shape index (κ2) is 6.59. The standard InChI is InChI=1S/C19H25N5O/c1-13-3-5-15(6-4-13)19(16-7-8-16)20-18(25)12-23-9-10-24-14(2)21-22-17(24)11-23/h3-6,16,19H,7-12H2,1-2H3,(H,20,25)/t19-/m0/s1. The molecule has 0 radical (unpaired) electrons. The fourth-order valence-electron chi connectivity index (χ4n) is 3.59. The number of benzene rings is 1. The predicted molar refractivity (Wildman–Crippen MR) is 94.8 cm³/mol. The number of hydrogen-bond donors (Lipinski definition) is 1. The van der Waals surface area contributed by atoms with Gasteiger partial charge in [0.2, 0.25) is 5.91 Å². The lowest BCUT2D eigenvalue weighted by atomic mass is 10.0. The minimum atomic E-state index is 0.0992. The first-order chi connectivity index (χ1) is 12.1. The molecule has 2 aromatic rings. The first-order valence-electron chi connectivity index (χ1n) is 9.07. The topological polar surface area (TPSA) is 63.1 Å². The molecule has 1 saturated carbocycles. The van der Waals surface area contributed by atoms with Crippen LogP contribution in [0, 0.1) is 19.8 Å². The van der Waals surface area contributed by atoms with Crippen LogP contribution in [0.25, 0.3) is 0 Å². The summed E-state index contributed by atoms with van der Waals surface area (Å²) in [6.07, 6.45) is 2.40. The summed E-state index contributed by atoms with van der Waals surface area (Å²) in [4.78, 5) is 14.8. The van der Waals surface area contributed by atoms with Gasteiger partial charge in [0.05, 0.1) is 19.1 Å². The third-order valence-corrected chi connectivity index (χ3v) is 5.23. The zero-order valence-corrected chi connectivity index (χ0v) is 14.9. The third kappa shape index (κ3) is 3.58. The third-order valence-electron chi connectivity index (χ3n) is 5.23. The Balaban J connectivity index is 1.38. The molecule has 2 aliphatic rings. The zero-order chi connectivity index (χ0) is 17.4. The van der Waals surface area contributed by atoms with Crippen molar-refractivity contribution in [1.82, 2.24) is 25.0 Å². The van der Waals surface area contributed by atoms with E-state index in [1.165, 1.54) is 24.0 Å². The van der Waals surface area contributed by atoms with E-state index in [1.54, 1.807) is 0 Å². The number of carbonyl (C=O) groups is 1. The Morgan fingerprint density at radius 1 is 1.20 bits per heavy atom. The van der Waals surface area contributed by atoms with Gasteiger partial charge < -0.3 is 9.88 Å². The maximum atomic E-state index is 12.6. The number of carbonyl (C=O) groups excluding carboxylic acids is 1. The number of amides is 1. The van der Waals surface area contributed by atoms with Crippen LogP contribution >= 0.6 is 0 Å². The van der Waals surface area contributed by atoms with E-state index in [0.29, 0.717) is 19.0 Å². The minimum Gasteiger partial charge on any atom is -0.348 e. The number of nitrogens with one attached hydrogen (secondary N) is 1. The first kappa shape index (κ1) is 16.3. The van der Waals surface area contributed by atoms with E-state index in [0.717, 1.165) is 24.7 Å². The van der Waals surface area contributed by atoms with Crippen molar-refractivity contribution in [3.8, 4) is 0 Å². The molecule has 0 unspecified atom stereocenters. The average Bonchev–Trinajstić information content (AvgIpc) is 3.38. The summed E-state index contributed by atoms with van der Waals surface area (Å²) in [5.41, 5.74) is 2.47. The highest BCUT2D eigenvalue weighted by Crippen LogP contribution is 2.41. The van der Waals surface area contributed by atoms with E-state index in [2.05, 4.69) is 56.2 Å². The lowest BCUT2D eigenvalue weighted by molar-refractivity contribution is -0.123. The number of rotatable bonds is 5. The molecular weight excluding hydrogens is 314 g/mol. The van der Waals surface area contributed by atoms with Crippen molar-refractivity contribution in [2.45, 2.75) is 45.8 Å². The van der Waals surface area contributed by atoms with Crippen molar-refractivity contribution in [2.75, 3.05) is 13.1 Å². The van der Waals surface area contributed by atoms with Gasteiger partial charge in [-0.05, 0) is 38.2 Å². The molecule has 25 heavy (non-hydrogen) atoms. The Hall–Kier alpha value is -2.21. The second-order valence-electron chi connectivity index (χ2n) is 7.32. The fraction of sp³-hybridized carbons (Fsp3) is 0.526. The van der Waals surface area contributed by atoms with E-state index in [4.69, 9.17) is 0 Å². The highest BCUT2D eigenvalue weighted by molar-refractivity contribution is 5.78. The van der Waals surface area contributed by atoms with Crippen LogP contribution in [0.3, 0.4) is 0 Å². The molecule has 1 amide bonds. The van der Waals surface area contributed by atoms with E-state index in [9.17, 15) is 4.79 Å². The molecule has 0 spiro atoms. The number of aryl methyl sites for hydroxylation is 2. The van der Waals surface area contributed by atoms with Crippen molar-refractivity contribution >= 4 is 5.91 Å². The quantitative estimate of drug-likeness (QED) is 0.905. The van der Waals surface area contributed by atoms with E-state index >= 15 is 0 Å². The number of hydrogen-bond acceptors (Lipinski definition) is 4. The molecule has 1 aromatic carbocycles. The summed E-state index contributed by atoms with van der Waals surface area (Å²) in [5, 5.41) is 11.6. The molecule has 6 nitrogen and oxygen atoms in total. The van der Waals surface area contributed by atoms with Gasteiger partial charge in [-0.15, -0.1) is 10.2 Å². The van der Waals surface area contributed by atoms with Gasteiger partial charge >= 0.3 is 0 Å². The van der Waals surface area contributed by atoms with Crippen molar-refractivity contribution in [1.29, 1.82) is 0 Å². The number of aromatic nitrogens is 3. The molecular formula is C19H25N5O. The number of nitrogens with zero attached hydrogens (tertiary/aromatic N) is 4. The monoisotopic (exact) mass is 339 g/mol. The molecule has 1 aromatic heterocycles. The summed E-state index contributed by atoms with van der Waals surface area (Å²) >= 11 is 0. The highest BCUT2D eigenvalue weighted by atomic mass is 16.2. The molecule has 1 fully saturated rings. The molecule has 132 valence electrons. The van der Waals surface area contributed by atoms with E-state index in [1.807, 2.05) is 6.92 Å². The Morgan fingerprint density at radius 3 is 2.68 bits per heavy atom. The van der Waals surface area contributed by atoms with Gasteiger partial charge in [0, 0.05) is 13.1 Å². The molecule has 1 atom stereocenters. The lowest BCUT2D eigenvalue weighted by Gasteiger charge is -2.28. The van der Waals surface area contributed by atoms with Crippen LogP contribution in [0.1, 0.15) is 41.7 Å². The van der Waals surface area contributed by atoms with Crippen LogP contribution in [0.2, 0.25) is 0 Å². The first-order valence-corrected chi connectivity index (χ1v) is 9.07. The van der Waals surface area contributed by atoms with Gasteiger partial charge in [0.15, 0.2) is 0 Å². The van der Waals surface area contributed by atoms with Crippen LogP contribution in [0.5, 0.6) is 0 Å². The summed E-state index contributed by atoms with van der Waals surface area (Å²) in [5.74, 6) is 2.59. The maximum Gasteiger partial charge on any atom is 0.234 e. The maximum absolute atomic E-state index is 12.6. The molecule has 6 heteroatoms. The van der Waals surface area contributed by atoms with Gasteiger partial charge in [-0.3, -0.25) is 9.69 Å². The van der Waals surface area contributed by atoms with Crippen LogP contribution in [-0.2, 0) is 17.9 Å². The van der Waals surface area contributed by atoms with Crippen LogP contribution in [0.15, 0.2) is 24.3 Å². The van der Waals surface area contributed by atoms with Crippen molar-refractivity contribution in [3.63, 3.8) is 0 Å². The van der Waals surface area contributed by atoms with Crippen molar-refractivity contribution in [3.05, 3.63) is 47.0 Å². The molecule has 2 heterocycles. The molecule has 1 aliphatic heterocycles. The molecule has 4 rings (SSSR count). The Bertz CT molecular complexity index is 763. The Kier molecular flexibility index (Phi) is 4.29. The second-order valence-corrected chi connectivity index (χ2v) is 7.32. The zero-order valence-electron chi connectivity index (χ0n) is 14.9. The fourth-order valence-corrected chi connectivity index (χ4v) is 3.59. The van der Waals surface area contributed by atoms with Crippen LogP contribution in [-0.4, -0.2) is 38.7 Å². The van der Waals surface area contributed by atoms with E-state index in [-0.39, 0.29) is 11.9 Å². The van der Waals surface area contributed by atoms with Gasteiger partial charge in [-0.2, -0.15) is 0 Å². The lowest BCUT2D eigenvalue weighted by Crippen LogP contribution is -2.42. The van der Waals surface area contributed by atoms with Gasteiger partial charge in [-0.1, -0.05) is 29.8 Å². The molecule has 0 saturated heterocycles. The van der Waals surface area contributed by atoms with Gasteiger partial charge in [0.25, 0.3) is 0 Å². The molecule has 1 N–H and O–H groups in total. The SMILES string of the molecule is Cc1ccc([C@H](NC(=O)CN2CCn3c(C)nnc3C2)C2CC2)cc1. The van der Waals surface area contributed by atoms with Crippen LogP contribution < -0.4 is 5.32 Å². The number of fused-ring (bicyclic) bond motifs is 1.